The summed E-state index contributed by atoms with van der Waals surface area (Å²) in [4.78, 5) is 30.4. The minimum atomic E-state index is -0.446. The van der Waals surface area contributed by atoms with E-state index in [4.69, 9.17) is 5.26 Å². The van der Waals surface area contributed by atoms with Gasteiger partial charge in [-0.1, -0.05) is 12.1 Å². The monoisotopic (exact) mass is 337 g/mol. The van der Waals surface area contributed by atoms with Gasteiger partial charge in [-0.25, -0.2) is 4.98 Å². The van der Waals surface area contributed by atoms with Gasteiger partial charge in [0.1, 0.15) is 11.4 Å². The zero-order valence-electron chi connectivity index (χ0n) is 14.1. The number of likely N-dealkylation sites (N-methyl/N-ethyl adjacent to an activating group) is 1. The van der Waals surface area contributed by atoms with Gasteiger partial charge >= 0.3 is 0 Å². The smallest absolute Gasteiger partial charge is 0.274 e. The second-order valence-corrected chi connectivity index (χ2v) is 5.61. The SMILES string of the molecule is CN(C)CCNC(=O)c1cccc(C(=O)Nc2cccc(C#N)c2)n1. The van der Waals surface area contributed by atoms with Crippen LogP contribution in [0.4, 0.5) is 5.69 Å². The van der Waals surface area contributed by atoms with Gasteiger partial charge < -0.3 is 15.5 Å². The van der Waals surface area contributed by atoms with E-state index in [2.05, 4.69) is 15.6 Å². The maximum absolute atomic E-state index is 12.3. The average Bonchev–Trinajstić information content (AvgIpc) is 2.61. The molecule has 2 rings (SSSR count). The van der Waals surface area contributed by atoms with Gasteiger partial charge in [-0.3, -0.25) is 9.59 Å². The van der Waals surface area contributed by atoms with Crippen LogP contribution < -0.4 is 10.6 Å². The molecule has 128 valence electrons. The number of amides is 2. The highest BCUT2D eigenvalue weighted by molar-refractivity contribution is 6.03. The Morgan fingerprint density at radius 2 is 1.80 bits per heavy atom. The summed E-state index contributed by atoms with van der Waals surface area (Å²) in [6.07, 6.45) is 0. The fourth-order valence-corrected chi connectivity index (χ4v) is 2.03. The van der Waals surface area contributed by atoms with E-state index >= 15 is 0 Å². The standard InChI is InChI=1S/C18H19N5O2/c1-23(2)10-9-20-17(24)15-7-4-8-16(22-15)18(25)21-14-6-3-5-13(11-14)12-19/h3-8,11H,9-10H2,1-2H3,(H,20,24)(H,21,25). The molecule has 0 aliphatic heterocycles. The number of hydrogen-bond acceptors (Lipinski definition) is 5. The van der Waals surface area contributed by atoms with Crippen molar-refractivity contribution in [2.75, 3.05) is 32.5 Å². The third-order valence-corrected chi connectivity index (χ3v) is 3.31. The van der Waals surface area contributed by atoms with Crippen LogP contribution in [0.3, 0.4) is 0 Å². The number of benzene rings is 1. The van der Waals surface area contributed by atoms with E-state index in [1.54, 1.807) is 36.4 Å². The number of rotatable bonds is 6. The zero-order valence-corrected chi connectivity index (χ0v) is 14.1. The molecule has 0 aliphatic rings. The number of carbonyl (C=O) groups is 2. The van der Waals surface area contributed by atoms with Gasteiger partial charge in [0, 0.05) is 18.8 Å². The normalized spacial score (nSPS) is 10.2. The average molecular weight is 337 g/mol. The Kier molecular flexibility index (Phi) is 6.20. The lowest BCUT2D eigenvalue weighted by molar-refractivity contribution is 0.0946. The van der Waals surface area contributed by atoms with Crippen molar-refractivity contribution in [2.45, 2.75) is 0 Å². The number of aromatic nitrogens is 1. The minimum absolute atomic E-state index is 0.127. The van der Waals surface area contributed by atoms with Crippen LogP contribution in [-0.2, 0) is 0 Å². The van der Waals surface area contributed by atoms with E-state index in [0.29, 0.717) is 24.3 Å². The second kappa shape index (κ2) is 8.57. The van der Waals surface area contributed by atoms with E-state index in [-0.39, 0.29) is 17.3 Å². The molecule has 0 saturated heterocycles. The number of anilines is 1. The van der Waals surface area contributed by atoms with Crippen molar-refractivity contribution < 1.29 is 9.59 Å². The summed E-state index contributed by atoms with van der Waals surface area (Å²) in [5.74, 6) is -0.777. The third kappa shape index (κ3) is 5.41. The summed E-state index contributed by atoms with van der Waals surface area (Å²) in [7, 11) is 3.83. The molecule has 1 heterocycles. The van der Waals surface area contributed by atoms with Crippen LogP contribution in [0.25, 0.3) is 0 Å². The highest BCUT2D eigenvalue weighted by Gasteiger charge is 2.12. The Hall–Kier alpha value is -3.24. The highest BCUT2D eigenvalue weighted by atomic mass is 16.2. The van der Waals surface area contributed by atoms with Gasteiger partial charge in [0.05, 0.1) is 11.6 Å². The number of pyridine rings is 1. The predicted molar refractivity (Wildman–Crippen MR) is 94.2 cm³/mol. The van der Waals surface area contributed by atoms with E-state index in [1.807, 2.05) is 25.1 Å². The van der Waals surface area contributed by atoms with Crippen molar-refractivity contribution in [1.82, 2.24) is 15.2 Å². The molecular weight excluding hydrogens is 318 g/mol. The molecule has 0 aliphatic carbocycles. The second-order valence-electron chi connectivity index (χ2n) is 5.61. The van der Waals surface area contributed by atoms with Gasteiger partial charge in [-0.15, -0.1) is 0 Å². The largest absolute Gasteiger partial charge is 0.349 e. The number of nitriles is 1. The number of nitrogens with one attached hydrogen (secondary N) is 2. The van der Waals surface area contributed by atoms with Crippen molar-refractivity contribution in [3.05, 3.63) is 59.4 Å². The lowest BCUT2D eigenvalue weighted by Gasteiger charge is -2.10. The van der Waals surface area contributed by atoms with Crippen LogP contribution >= 0.6 is 0 Å². The van der Waals surface area contributed by atoms with Gasteiger partial charge in [-0.2, -0.15) is 5.26 Å². The fourth-order valence-electron chi connectivity index (χ4n) is 2.03. The lowest BCUT2D eigenvalue weighted by atomic mass is 10.2. The van der Waals surface area contributed by atoms with Crippen molar-refractivity contribution in [2.24, 2.45) is 0 Å². The zero-order chi connectivity index (χ0) is 18.2. The van der Waals surface area contributed by atoms with Gasteiger partial charge in [0.15, 0.2) is 0 Å². The van der Waals surface area contributed by atoms with Crippen molar-refractivity contribution >= 4 is 17.5 Å². The third-order valence-electron chi connectivity index (χ3n) is 3.31. The fraction of sp³-hybridized carbons (Fsp3) is 0.222. The van der Waals surface area contributed by atoms with E-state index in [9.17, 15) is 9.59 Å². The van der Waals surface area contributed by atoms with Gasteiger partial charge in [-0.05, 0) is 44.4 Å². The summed E-state index contributed by atoms with van der Waals surface area (Å²) in [5.41, 5.74) is 1.24. The maximum Gasteiger partial charge on any atom is 0.274 e. The van der Waals surface area contributed by atoms with Crippen molar-refractivity contribution in [3.8, 4) is 6.07 Å². The Balaban J connectivity index is 2.05. The molecule has 2 N–H and O–H groups in total. The molecule has 7 nitrogen and oxygen atoms in total. The van der Waals surface area contributed by atoms with Gasteiger partial charge in [0.25, 0.3) is 11.8 Å². The Bertz CT molecular complexity index is 811. The van der Waals surface area contributed by atoms with Crippen molar-refractivity contribution in [1.29, 1.82) is 5.26 Å². The molecule has 0 bridgehead atoms. The van der Waals surface area contributed by atoms with E-state index in [0.717, 1.165) is 0 Å². The molecule has 0 atom stereocenters. The Morgan fingerprint density at radius 3 is 2.48 bits per heavy atom. The lowest BCUT2D eigenvalue weighted by Crippen LogP contribution is -2.32. The van der Waals surface area contributed by atoms with Gasteiger partial charge in [0.2, 0.25) is 0 Å². The molecule has 1 aromatic carbocycles. The molecule has 0 unspecified atom stereocenters. The first kappa shape index (κ1) is 18.1. The van der Waals surface area contributed by atoms with Crippen LogP contribution in [0, 0.1) is 11.3 Å². The van der Waals surface area contributed by atoms with Crippen LogP contribution in [-0.4, -0.2) is 48.9 Å². The first-order chi connectivity index (χ1) is 12.0. The number of nitrogens with zero attached hydrogens (tertiary/aromatic N) is 3. The summed E-state index contributed by atoms with van der Waals surface area (Å²) < 4.78 is 0. The van der Waals surface area contributed by atoms with Crippen LogP contribution in [0.5, 0.6) is 0 Å². The molecule has 2 amide bonds. The summed E-state index contributed by atoms with van der Waals surface area (Å²) in [5, 5.41) is 14.3. The molecule has 7 heteroatoms. The molecule has 2 aromatic rings. The topological polar surface area (TPSA) is 98.1 Å². The van der Waals surface area contributed by atoms with Crippen LogP contribution in [0.15, 0.2) is 42.5 Å². The number of carbonyl (C=O) groups excluding carboxylic acids is 2. The molecular formula is C18H19N5O2. The Morgan fingerprint density at radius 1 is 1.12 bits per heavy atom. The van der Waals surface area contributed by atoms with Crippen LogP contribution in [0.2, 0.25) is 0 Å². The summed E-state index contributed by atoms with van der Waals surface area (Å²) >= 11 is 0. The predicted octanol–water partition coefficient (Wildman–Crippen LogP) is 1.50. The Labute approximate surface area is 146 Å². The number of hydrogen-bond donors (Lipinski definition) is 2. The summed E-state index contributed by atoms with van der Waals surface area (Å²) in [6.45, 7) is 1.20. The first-order valence-electron chi connectivity index (χ1n) is 7.71. The molecule has 0 fully saturated rings. The van der Waals surface area contributed by atoms with E-state index in [1.165, 1.54) is 6.07 Å². The quantitative estimate of drug-likeness (QED) is 0.832. The molecule has 0 spiro atoms. The molecule has 0 saturated carbocycles. The van der Waals surface area contributed by atoms with Crippen molar-refractivity contribution in [3.63, 3.8) is 0 Å². The minimum Gasteiger partial charge on any atom is -0.349 e. The summed E-state index contributed by atoms with van der Waals surface area (Å²) in [6, 6.07) is 13.3. The van der Waals surface area contributed by atoms with Crippen LogP contribution in [0.1, 0.15) is 26.5 Å². The van der Waals surface area contributed by atoms with E-state index < -0.39 is 5.91 Å². The maximum atomic E-state index is 12.3. The molecule has 25 heavy (non-hydrogen) atoms. The molecule has 1 aromatic heterocycles. The first-order valence-corrected chi connectivity index (χ1v) is 7.71. The highest BCUT2D eigenvalue weighted by Crippen LogP contribution is 2.11. The molecule has 0 radical (unpaired) electrons.